The predicted octanol–water partition coefficient (Wildman–Crippen LogP) is 3.08. The molecule has 0 N–H and O–H groups in total. The van der Waals surface area contributed by atoms with Crippen molar-refractivity contribution in [3.05, 3.63) is 71.8 Å². The van der Waals surface area contributed by atoms with Gasteiger partial charge >= 0.3 is 0 Å². The van der Waals surface area contributed by atoms with Crippen LogP contribution in [0.1, 0.15) is 11.1 Å². The Hall–Kier alpha value is -2.39. The van der Waals surface area contributed by atoms with E-state index < -0.39 is 6.10 Å². The minimum absolute atomic E-state index is 0.0300. The third-order valence-corrected chi connectivity index (χ3v) is 4.10. The third kappa shape index (κ3) is 2.55. The summed E-state index contributed by atoms with van der Waals surface area (Å²) in [4.78, 5) is 13.7. The largest absolute Gasteiger partial charge is 0.369 e. The Balaban J connectivity index is 2.05. The number of methoxy groups -OCH3 is 1. The van der Waals surface area contributed by atoms with Crippen LogP contribution in [0.4, 0.5) is 0 Å². The molecule has 1 fully saturated rings. The normalized spacial score (nSPS) is 21.6. The molecule has 2 aromatic rings. The van der Waals surface area contributed by atoms with Gasteiger partial charge in [0.1, 0.15) is 0 Å². The lowest BCUT2D eigenvalue weighted by Crippen LogP contribution is -2.63. The van der Waals surface area contributed by atoms with Crippen LogP contribution >= 0.6 is 0 Å². The van der Waals surface area contributed by atoms with Gasteiger partial charge in [-0.15, -0.1) is 0 Å². The molecule has 0 saturated carbocycles. The zero-order valence-corrected chi connectivity index (χ0v) is 12.8. The maximum atomic E-state index is 12.0. The Labute approximate surface area is 130 Å². The Morgan fingerprint density at radius 3 is 2.23 bits per heavy atom. The average Bonchev–Trinajstić information content (AvgIpc) is 2.59. The molecule has 22 heavy (non-hydrogen) atoms. The van der Waals surface area contributed by atoms with Crippen molar-refractivity contribution >= 4 is 17.6 Å². The van der Waals surface area contributed by atoms with E-state index in [9.17, 15) is 4.79 Å². The fourth-order valence-electron chi connectivity index (χ4n) is 2.89. The molecule has 3 nitrogen and oxygen atoms in total. The Morgan fingerprint density at radius 1 is 1.05 bits per heavy atom. The molecule has 0 bridgehead atoms. The van der Waals surface area contributed by atoms with Crippen LogP contribution in [0.15, 0.2) is 60.7 Å². The first-order valence-electron chi connectivity index (χ1n) is 7.34. The lowest BCUT2D eigenvalue weighted by Gasteiger charge is -2.45. The van der Waals surface area contributed by atoms with Gasteiger partial charge in [-0.25, -0.2) is 0 Å². The van der Waals surface area contributed by atoms with Crippen molar-refractivity contribution in [2.24, 2.45) is 0 Å². The van der Waals surface area contributed by atoms with E-state index in [4.69, 9.17) is 4.74 Å². The highest BCUT2D eigenvalue weighted by Crippen LogP contribution is 2.34. The van der Waals surface area contributed by atoms with Crippen LogP contribution in [0.5, 0.6) is 0 Å². The molecule has 112 valence electrons. The molecular formula is C19H19NO2. The number of hydrogen-bond acceptors (Lipinski definition) is 2. The van der Waals surface area contributed by atoms with E-state index in [1.165, 1.54) is 0 Å². The molecule has 0 spiro atoms. The molecule has 0 aliphatic carbocycles. The SMILES string of the molecule is CO[C@@H]1C(=O)N(C)[C@@H]1/C(=C/c1ccccc1)c1ccccc1. The molecule has 1 saturated heterocycles. The minimum atomic E-state index is -0.403. The summed E-state index contributed by atoms with van der Waals surface area (Å²) in [6, 6.07) is 20.2. The third-order valence-electron chi connectivity index (χ3n) is 4.10. The fourth-order valence-corrected chi connectivity index (χ4v) is 2.89. The first-order valence-corrected chi connectivity index (χ1v) is 7.34. The average molecular weight is 293 g/mol. The molecule has 1 aliphatic heterocycles. The molecule has 3 heteroatoms. The van der Waals surface area contributed by atoms with Crippen LogP contribution in [0.25, 0.3) is 11.6 Å². The van der Waals surface area contributed by atoms with E-state index in [1.54, 1.807) is 12.0 Å². The summed E-state index contributed by atoms with van der Waals surface area (Å²) in [5.74, 6) is 0.0300. The van der Waals surface area contributed by atoms with Crippen molar-refractivity contribution in [3.63, 3.8) is 0 Å². The van der Waals surface area contributed by atoms with Crippen LogP contribution in [0.3, 0.4) is 0 Å². The maximum absolute atomic E-state index is 12.0. The molecule has 2 aromatic carbocycles. The summed E-state index contributed by atoms with van der Waals surface area (Å²) < 4.78 is 5.39. The Morgan fingerprint density at radius 2 is 1.64 bits per heavy atom. The van der Waals surface area contributed by atoms with Crippen molar-refractivity contribution in [1.82, 2.24) is 4.90 Å². The van der Waals surface area contributed by atoms with E-state index in [1.807, 2.05) is 43.4 Å². The summed E-state index contributed by atoms with van der Waals surface area (Å²) in [5.41, 5.74) is 3.32. The molecule has 1 aliphatic rings. The number of likely N-dealkylation sites (tertiary alicyclic amines) is 1. The van der Waals surface area contributed by atoms with Crippen LogP contribution < -0.4 is 0 Å². The second-order valence-corrected chi connectivity index (χ2v) is 5.43. The Kier molecular flexibility index (Phi) is 4.07. The number of nitrogens with zero attached hydrogens (tertiary/aromatic N) is 1. The number of amides is 1. The molecule has 0 unspecified atom stereocenters. The predicted molar refractivity (Wildman–Crippen MR) is 88.1 cm³/mol. The van der Waals surface area contributed by atoms with Crippen molar-refractivity contribution in [1.29, 1.82) is 0 Å². The minimum Gasteiger partial charge on any atom is -0.369 e. The quantitative estimate of drug-likeness (QED) is 0.640. The van der Waals surface area contributed by atoms with Gasteiger partial charge in [-0.3, -0.25) is 4.79 Å². The van der Waals surface area contributed by atoms with E-state index in [-0.39, 0.29) is 11.9 Å². The summed E-state index contributed by atoms with van der Waals surface area (Å²) in [7, 11) is 3.41. The Bertz CT molecular complexity index is 679. The highest BCUT2D eigenvalue weighted by Gasteiger charge is 2.47. The van der Waals surface area contributed by atoms with Gasteiger partial charge in [-0.2, -0.15) is 0 Å². The first-order chi connectivity index (χ1) is 10.7. The van der Waals surface area contributed by atoms with E-state index in [2.05, 4.69) is 30.3 Å². The van der Waals surface area contributed by atoms with Gasteiger partial charge in [0.05, 0.1) is 6.04 Å². The zero-order valence-electron chi connectivity index (χ0n) is 12.8. The van der Waals surface area contributed by atoms with Gasteiger partial charge in [-0.05, 0) is 22.8 Å². The molecule has 0 aromatic heterocycles. The number of carbonyl (C=O) groups is 1. The van der Waals surface area contributed by atoms with Crippen molar-refractivity contribution < 1.29 is 9.53 Å². The van der Waals surface area contributed by atoms with Crippen molar-refractivity contribution in [3.8, 4) is 0 Å². The zero-order chi connectivity index (χ0) is 15.5. The summed E-state index contributed by atoms with van der Waals surface area (Å²) >= 11 is 0. The topological polar surface area (TPSA) is 29.5 Å². The lowest BCUT2D eigenvalue weighted by molar-refractivity contribution is -0.161. The number of rotatable bonds is 4. The van der Waals surface area contributed by atoms with Gasteiger partial charge in [0.2, 0.25) is 0 Å². The van der Waals surface area contributed by atoms with Gasteiger partial charge in [-0.1, -0.05) is 60.7 Å². The van der Waals surface area contributed by atoms with Crippen LogP contribution in [-0.2, 0) is 9.53 Å². The molecular weight excluding hydrogens is 274 g/mol. The molecule has 1 heterocycles. The molecule has 3 rings (SSSR count). The van der Waals surface area contributed by atoms with Gasteiger partial charge in [0, 0.05) is 14.2 Å². The standard InChI is InChI=1S/C19H19NO2/c1-20-17(18(22-2)19(20)21)16(15-11-7-4-8-12-15)13-14-9-5-3-6-10-14/h3-13,17-18H,1-2H3/b16-13+/t17-,18+/m1/s1. The van der Waals surface area contributed by atoms with Crippen LogP contribution in [0, 0.1) is 0 Å². The fraction of sp³-hybridized carbons (Fsp3) is 0.211. The van der Waals surface area contributed by atoms with E-state index in [0.29, 0.717) is 0 Å². The molecule has 1 amide bonds. The number of carbonyl (C=O) groups excluding carboxylic acids is 1. The highest BCUT2D eigenvalue weighted by molar-refractivity contribution is 5.98. The van der Waals surface area contributed by atoms with E-state index >= 15 is 0 Å². The summed E-state index contributed by atoms with van der Waals surface area (Å²) in [6.07, 6.45) is 1.73. The molecule has 2 atom stereocenters. The molecule has 0 radical (unpaired) electrons. The number of likely N-dealkylation sites (N-methyl/N-ethyl adjacent to an activating group) is 1. The lowest BCUT2D eigenvalue weighted by atomic mass is 9.85. The monoisotopic (exact) mass is 293 g/mol. The first kappa shape index (κ1) is 14.5. The highest BCUT2D eigenvalue weighted by atomic mass is 16.5. The van der Waals surface area contributed by atoms with Crippen LogP contribution in [0.2, 0.25) is 0 Å². The second kappa shape index (κ2) is 6.16. The number of benzene rings is 2. The van der Waals surface area contributed by atoms with E-state index in [0.717, 1.165) is 16.7 Å². The number of hydrogen-bond donors (Lipinski definition) is 0. The van der Waals surface area contributed by atoms with Crippen molar-refractivity contribution in [2.75, 3.05) is 14.2 Å². The van der Waals surface area contributed by atoms with Crippen molar-refractivity contribution in [2.45, 2.75) is 12.1 Å². The van der Waals surface area contributed by atoms with Crippen LogP contribution in [-0.4, -0.2) is 37.1 Å². The summed E-state index contributed by atoms with van der Waals surface area (Å²) in [6.45, 7) is 0. The number of ether oxygens (including phenoxy) is 1. The van der Waals surface area contributed by atoms with Gasteiger partial charge < -0.3 is 9.64 Å². The van der Waals surface area contributed by atoms with Gasteiger partial charge in [0.25, 0.3) is 5.91 Å². The second-order valence-electron chi connectivity index (χ2n) is 5.43. The summed E-state index contributed by atoms with van der Waals surface area (Å²) in [5, 5.41) is 0. The van der Waals surface area contributed by atoms with Gasteiger partial charge in [0.15, 0.2) is 6.10 Å². The number of β-lactam (4-membered cyclic amide) rings is 1. The maximum Gasteiger partial charge on any atom is 0.254 e. The smallest absolute Gasteiger partial charge is 0.254 e.